The van der Waals surface area contributed by atoms with Crippen molar-refractivity contribution in [3.63, 3.8) is 0 Å². The van der Waals surface area contributed by atoms with Gasteiger partial charge < -0.3 is 29.9 Å². The van der Waals surface area contributed by atoms with E-state index in [9.17, 15) is 24.2 Å². The van der Waals surface area contributed by atoms with Crippen molar-refractivity contribution in [2.24, 2.45) is 0 Å². The SMILES string of the molecule is CCCCCCCCCCCCCCCC(=O)OC[C@@H](COP(=O)(O)OC[C@H]1O[C@@H](n2cnc3c(N)nc(Cl)nc32)[C@@H](F)[C@@H]1O)OC(=O)CCCCCCCCCCCCCCC. The van der Waals surface area contributed by atoms with Gasteiger partial charge in [-0.2, -0.15) is 9.97 Å². The smallest absolute Gasteiger partial charge is 0.462 e. The van der Waals surface area contributed by atoms with Crippen LogP contribution in [0.4, 0.5) is 10.2 Å². The van der Waals surface area contributed by atoms with Crippen LogP contribution in [0.25, 0.3) is 11.2 Å². The minimum Gasteiger partial charge on any atom is -0.462 e. The van der Waals surface area contributed by atoms with Gasteiger partial charge in [0.1, 0.15) is 24.3 Å². The third-order valence-electron chi connectivity index (χ3n) is 11.5. The van der Waals surface area contributed by atoms with Gasteiger partial charge in [-0.15, -0.1) is 0 Å². The quantitative estimate of drug-likeness (QED) is 0.0248. The Kier molecular flexibility index (Phi) is 28.1. The molecule has 0 aliphatic carbocycles. The predicted molar refractivity (Wildman–Crippen MR) is 243 cm³/mol. The van der Waals surface area contributed by atoms with Gasteiger partial charge in [0.15, 0.2) is 30.0 Å². The number of hydrogen-bond acceptors (Lipinski definition) is 13. The molecule has 15 nitrogen and oxygen atoms in total. The number of fused-ring (bicyclic) bond motifs is 1. The molecular weight excluding hydrogens is 856 g/mol. The van der Waals surface area contributed by atoms with Crippen molar-refractivity contribution in [2.45, 2.75) is 224 Å². The maximum atomic E-state index is 15.3. The third kappa shape index (κ3) is 22.5. The molecule has 0 spiro atoms. The number of aliphatic hydroxyl groups excluding tert-OH is 1. The van der Waals surface area contributed by atoms with Gasteiger partial charge in [0.2, 0.25) is 5.28 Å². The van der Waals surface area contributed by atoms with E-state index < -0.39 is 63.7 Å². The van der Waals surface area contributed by atoms with Crippen molar-refractivity contribution < 1.29 is 51.8 Å². The number of aliphatic hydroxyl groups is 1. The van der Waals surface area contributed by atoms with E-state index in [0.29, 0.717) is 12.8 Å². The van der Waals surface area contributed by atoms with Gasteiger partial charge in [0.05, 0.1) is 19.5 Å². The summed E-state index contributed by atoms with van der Waals surface area (Å²) < 4.78 is 56.3. The van der Waals surface area contributed by atoms with Crippen molar-refractivity contribution in [1.29, 1.82) is 0 Å². The first-order chi connectivity index (χ1) is 30.5. The number of esters is 2. The van der Waals surface area contributed by atoms with Crippen LogP contribution in [0.2, 0.25) is 5.28 Å². The van der Waals surface area contributed by atoms with Gasteiger partial charge >= 0.3 is 19.8 Å². The second kappa shape index (κ2) is 32.3. The van der Waals surface area contributed by atoms with Crippen LogP contribution in [-0.2, 0) is 37.4 Å². The fourth-order valence-electron chi connectivity index (χ4n) is 7.74. The van der Waals surface area contributed by atoms with E-state index in [4.69, 9.17) is 40.6 Å². The highest BCUT2D eigenvalue weighted by molar-refractivity contribution is 7.47. The molecule has 4 N–H and O–H groups in total. The molecule has 1 aliphatic heterocycles. The number of carbonyl (C=O) groups excluding carboxylic acids is 2. The average molecular weight is 935 g/mol. The van der Waals surface area contributed by atoms with Crippen LogP contribution in [-0.4, -0.2) is 85.8 Å². The lowest BCUT2D eigenvalue weighted by atomic mass is 10.0. The van der Waals surface area contributed by atoms with Gasteiger partial charge in [-0.1, -0.05) is 168 Å². The third-order valence-corrected chi connectivity index (χ3v) is 12.6. The fourth-order valence-corrected chi connectivity index (χ4v) is 8.67. The Morgan fingerprint density at radius 1 is 0.778 bits per heavy atom. The lowest BCUT2D eigenvalue weighted by Gasteiger charge is -2.21. The van der Waals surface area contributed by atoms with E-state index in [1.807, 2.05) is 0 Å². The number of carbonyl (C=O) groups is 2. The Morgan fingerprint density at radius 2 is 1.25 bits per heavy atom. The van der Waals surface area contributed by atoms with Gasteiger partial charge in [-0.05, 0) is 24.4 Å². The molecule has 0 aromatic carbocycles. The first-order valence-electron chi connectivity index (χ1n) is 24.1. The minimum atomic E-state index is -4.88. The Labute approximate surface area is 380 Å². The van der Waals surface area contributed by atoms with Crippen molar-refractivity contribution in [1.82, 2.24) is 19.5 Å². The molecule has 0 bridgehead atoms. The van der Waals surface area contributed by atoms with Gasteiger partial charge in [-0.3, -0.25) is 23.2 Å². The van der Waals surface area contributed by atoms with Crippen LogP contribution in [0.15, 0.2) is 6.33 Å². The van der Waals surface area contributed by atoms with E-state index in [0.717, 1.165) is 38.5 Å². The van der Waals surface area contributed by atoms with E-state index in [1.54, 1.807) is 0 Å². The highest BCUT2D eigenvalue weighted by atomic mass is 35.5. The van der Waals surface area contributed by atoms with Crippen LogP contribution >= 0.6 is 19.4 Å². The summed E-state index contributed by atoms with van der Waals surface area (Å²) in [6.45, 7) is 2.71. The zero-order chi connectivity index (χ0) is 45.7. The molecule has 1 saturated heterocycles. The standard InChI is InChI=1S/C45H78ClFN5O10P/c1-3-5-7-9-11-13-15-17-19-21-23-25-27-29-37(53)58-31-35(61-38(54)30-28-26-24-22-20-18-16-14-12-10-8-6-4-2)32-59-63(56,57)60-33-36-41(55)39(47)44(62-36)52-34-49-40-42(48)50-45(46)51-43(40)52/h34-36,39,41,44,55H,3-33H2,1-2H3,(H,56,57)(H2,48,50,51)/t35-,36+,39-,41+,44+/m0/s1. The topological polar surface area (TPSA) is 207 Å². The molecular formula is C45H78ClFN5O10P. The fraction of sp³-hybridized carbons (Fsp3) is 0.844. The Hall–Kier alpha value is -2.46. The molecule has 0 saturated carbocycles. The highest BCUT2D eigenvalue weighted by Gasteiger charge is 2.47. The zero-order valence-corrected chi connectivity index (χ0v) is 39.8. The number of nitrogen functional groups attached to an aromatic ring is 1. The molecule has 6 atom stereocenters. The van der Waals surface area contributed by atoms with E-state index in [1.165, 1.54) is 126 Å². The maximum absolute atomic E-state index is 15.3. The van der Waals surface area contributed by atoms with Crippen molar-refractivity contribution in [3.05, 3.63) is 11.6 Å². The molecule has 63 heavy (non-hydrogen) atoms. The number of hydrogen-bond donors (Lipinski definition) is 3. The number of phosphoric ester groups is 1. The monoisotopic (exact) mass is 934 g/mol. The van der Waals surface area contributed by atoms with Gasteiger partial charge in [0, 0.05) is 12.8 Å². The van der Waals surface area contributed by atoms with Crippen molar-refractivity contribution in [3.8, 4) is 0 Å². The van der Waals surface area contributed by atoms with Crippen LogP contribution in [0, 0.1) is 0 Å². The van der Waals surface area contributed by atoms with Gasteiger partial charge in [0.25, 0.3) is 0 Å². The number of anilines is 1. The second-order valence-electron chi connectivity index (χ2n) is 17.0. The summed E-state index contributed by atoms with van der Waals surface area (Å²) in [5.74, 6) is -1.05. The highest BCUT2D eigenvalue weighted by Crippen LogP contribution is 2.45. The maximum Gasteiger partial charge on any atom is 0.472 e. The molecule has 1 fully saturated rings. The lowest BCUT2D eigenvalue weighted by Crippen LogP contribution is -2.32. The summed E-state index contributed by atoms with van der Waals surface area (Å²) in [5.41, 5.74) is 6.05. The Balaban J connectivity index is 1.41. The van der Waals surface area contributed by atoms with Crippen LogP contribution in [0.3, 0.4) is 0 Å². The summed E-state index contributed by atoms with van der Waals surface area (Å²) >= 11 is 5.93. The number of nitrogens with two attached hydrogens (primary N) is 1. The Bertz CT molecular complexity index is 1610. The van der Waals surface area contributed by atoms with Crippen molar-refractivity contribution >= 4 is 48.3 Å². The zero-order valence-electron chi connectivity index (χ0n) is 38.1. The minimum absolute atomic E-state index is 0.0379. The molecule has 18 heteroatoms. The van der Waals surface area contributed by atoms with Crippen molar-refractivity contribution in [2.75, 3.05) is 25.6 Å². The number of rotatable bonds is 38. The second-order valence-corrected chi connectivity index (χ2v) is 18.8. The number of aromatic nitrogens is 4. The largest absolute Gasteiger partial charge is 0.472 e. The summed E-state index contributed by atoms with van der Waals surface area (Å²) in [6, 6.07) is 0. The summed E-state index contributed by atoms with van der Waals surface area (Å²) in [4.78, 5) is 48.0. The Morgan fingerprint density at radius 3 is 1.76 bits per heavy atom. The molecule has 3 heterocycles. The molecule has 1 aliphatic rings. The first-order valence-corrected chi connectivity index (χ1v) is 25.9. The molecule has 2 aromatic rings. The predicted octanol–water partition coefficient (Wildman–Crippen LogP) is 11.2. The number of imidazole rings is 1. The van der Waals surface area contributed by atoms with E-state index >= 15 is 4.39 Å². The lowest BCUT2D eigenvalue weighted by molar-refractivity contribution is -0.161. The van der Waals surface area contributed by atoms with Gasteiger partial charge in [-0.25, -0.2) is 13.9 Å². The molecule has 0 radical (unpaired) electrons. The summed E-state index contributed by atoms with van der Waals surface area (Å²) in [7, 11) is -4.88. The van der Waals surface area contributed by atoms with Crippen LogP contribution < -0.4 is 5.73 Å². The number of ether oxygens (including phenoxy) is 3. The molecule has 2 aromatic heterocycles. The number of halogens is 2. The van der Waals surface area contributed by atoms with E-state index in [2.05, 4.69) is 28.8 Å². The van der Waals surface area contributed by atoms with Crippen LogP contribution in [0.1, 0.15) is 200 Å². The molecule has 1 unspecified atom stereocenters. The number of unbranched alkanes of at least 4 members (excludes halogenated alkanes) is 24. The molecule has 3 rings (SSSR count). The number of alkyl halides is 1. The summed E-state index contributed by atoms with van der Waals surface area (Å²) in [5, 5.41) is 10.4. The van der Waals surface area contributed by atoms with E-state index in [-0.39, 0.29) is 41.7 Å². The number of nitrogens with zero attached hydrogens (tertiary/aromatic N) is 4. The first kappa shape index (κ1) is 54.9. The van der Waals surface area contributed by atoms with Crippen LogP contribution in [0.5, 0.6) is 0 Å². The number of phosphoric acid groups is 1. The normalized spacial score (nSPS) is 19.1. The molecule has 362 valence electrons. The summed E-state index contributed by atoms with van der Waals surface area (Å²) in [6.07, 6.45) is 24.1. The average Bonchev–Trinajstić information content (AvgIpc) is 3.80. The molecule has 0 amide bonds.